The Labute approximate surface area is 150 Å². The summed E-state index contributed by atoms with van der Waals surface area (Å²) in [5.74, 6) is -0.155. The van der Waals surface area contributed by atoms with Crippen LogP contribution in [0, 0.1) is 6.92 Å². The predicted octanol–water partition coefficient (Wildman–Crippen LogP) is 3.24. The van der Waals surface area contributed by atoms with E-state index < -0.39 is 0 Å². The molecule has 126 valence electrons. The number of carbonyl (C=O) groups is 2. The van der Waals surface area contributed by atoms with Crippen molar-refractivity contribution < 1.29 is 9.59 Å². The zero-order valence-corrected chi connectivity index (χ0v) is 15.2. The van der Waals surface area contributed by atoms with Crippen molar-refractivity contribution in [1.82, 2.24) is 10.6 Å². The molecule has 0 aliphatic rings. The molecule has 0 spiro atoms. The SMILES string of the molecule is Cc1ccc(CCC(=O)NCCNC(=O)c2cccc(Br)c2)cc1. The average molecular weight is 389 g/mol. The van der Waals surface area contributed by atoms with Crippen LogP contribution in [-0.4, -0.2) is 24.9 Å². The maximum absolute atomic E-state index is 11.9. The molecule has 0 heterocycles. The van der Waals surface area contributed by atoms with Crippen LogP contribution in [0.1, 0.15) is 27.9 Å². The molecule has 0 fully saturated rings. The van der Waals surface area contributed by atoms with Crippen LogP contribution in [0.15, 0.2) is 53.0 Å². The number of carbonyl (C=O) groups excluding carboxylic acids is 2. The highest BCUT2D eigenvalue weighted by molar-refractivity contribution is 9.10. The quantitative estimate of drug-likeness (QED) is 0.715. The summed E-state index contributed by atoms with van der Waals surface area (Å²) in [6.45, 7) is 2.87. The number of halogens is 1. The first-order valence-corrected chi connectivity index (χ1v) is 8.70. The molecule has 0 saturated carbocycles. The molecule has 0 unspecified atom stereocenters. The maximum Gasteiger partial charge on any atom is 0.251 e. The molecule has 4 nitrogen and oxygen atoms in total. The fraction of sp³-hybridized carbons (Fsp3) is 0.263. The third-order valence-electron chi connectivity index (χ3n) is 3.58. The van der Waals surface area contributed by atoms with Gasteiger partial charge in [-0.3, -0.25) is 9.59 Å². The van der Waals surface area contributed by atoms with Crippen molar-refractivity contribution in [1.29, 1.82) is 0 Å². The number of hydrogen-bond donors (Lipinski definition) is 2. The van der Waals surface area contributed by atoms with E-state index >= 15 is 0 Å². The minimum Gasteiger partial charge on any atom is -0.354 e. The van der Waals surface area contributed by atoms with Crippen molar-refractivity contribution in [2.24, 2.45) is 0 Å². The highest BCUT2D eigenvalue weighted by atomic mass is 79.9. The van der Waals surface area contributed by atoms with Gasteiger partial charge in [-0.1, -0.05) is 51.8 Å². The molecule has 0 aliphatic carbocycles. The summed E-state index contributed by atoms with van der Waals surface area (Å²) >= 11 is 3.33. The van der Waals surface area contributed by atoms with Crippen molar-refractivity contribution >= 4 is 27.7 Å². The minimum absolute atomic E-state index is 0.00715. The standard InChI is InChI=1S/C19H21BrN2O2/c1-14-5-7-15(8-6-14)9-10-18(23)21-11-12-22-19(24)16-3-2-4-17(20)13-16/h2-8,13H,9-12H2,1H3,(H,21,23)(H,22,24). The Morgan fingerprint density at radius 1 is 1.00 bits per heavy atom. The third-order valence-corrected chi connectivity index (χ3v) is 4.07. The monoisotopic (exact) mass is 388 g/mol. The summed E-state index contributed by atoms with van der Waals surface area (Å²) in [5, 5.41) is 5.61. The van der Waals surface area contributed by atoms with Gasteiger partial charge < -0.3 is 10.6 Å². The van der Waals surface area contributed by atoms with Gasteiger partial charge in [-0.15, -0.1) is 0 Å². The van der Waals surface area contributed by atoms with Crippen LogP contribution < -0.4 is 10.6 Å². The Hall–Kier alpha value is -2.14. The van der Waals surface area contributed by atoms with Crippen LogP contribution in [0.5, 0.6) is 0 Å². The Bertz CT molecular complexity index is 699. The largest absolute Gasteiger partial charge is 0.354 e. The van der Waals surface area contributed by atoms with Crippen LogP contribution >= 0.6 is 15.9 Å². The first-order valence-electron chi connectivity index (χ1n) is 7.90. The second-order valence-electron chi connectivity index (χ2n) is 5.60. The van der Waals surface area contributed by atoms with Gasteiger partial charge in [0.25, 0.3) is 5.91 Å². The molecule has 2 amide bonds. The van der Waals surface area contributed by atoms with E-state index in [4.69, 9.17) is 0 Å². The van der Waals surface area contributed by atoms with Crippen LogP contribution in [0.4, 0.5) is 0 Å². The van der Waals surface area contributed by atoms with E-state index in [1.54, 1.807) is 12.1 Å². The lowest BCUT2D eigenvalue weighted by Gasteiger charge is -2.08. The number of aryl methyl sites for hydroxylation is 2. The molecular weight excluding hydrogens is 368 g/mol. The summed E-state index contributed by atoms with van der Waals surface area (Å²) in [4.78, 5) is 23.7. The zero-order chi connectivity index (χ0) is 17.4. The Kier molecular flexibility index (Phi) is 7.00. The molecule has 2 N–H and O–H groups in total. The van der Waals surface area contributed by atoms with E-state index in [-0.39, 0.29) is 11.8 Å². The van der Waals surface area contributed by atoms with Gasteiger partial charge in [0.2, 0.25) is 5.91 Å². The highest BCUT2D eigenvalue weighted by Crippen LogP contribution is 2.11. The molecule has 2 aromatic carbocycles. The molecule has 0 radical (unpaired) electrons. The first kappa shape index (κ1) is 18.2. The van der Waals surface area contributed by atoms with Crippen LogP contribution in [0.3, 0.4) is 0 Å². The van der Waals surface area contributed by atoms with Gasteiger partial charge in [-0.25, -0.2) is 0 Å². The highest BCUT2D eigenvalue weighted by Gasteiger charge is 2.06. The van der Waals surface area contributed by atoms with Gasteiger partial charge in [0.15, 0.2) is 0 Å². The molecule has 0 atom stereocenters. The average Bonchev–Trinajstić information content (AvgIpc) is 2.58. The van der Waals surface area contributed by atoms with Gasteiger partial charge in [-0.05, 0) is 37.1 Å². The lowest BCUT2D eigenvalue weighted by atomic mass is 10.1. The normalized spacial score (nSPS) is 10.2. The van der Waals surface area contributed by atoms with Crippen molar-refractivity contribution in [3.63, 3.8) is 0 Å². The number of hydrogen-bond acceptors (Lipinski definition) is 2. The second kappa shape index (κ2) is 9.23. The summed E-state index contributed by atoms with van der Waals surface area (Å²) in [6.07, 6.45) is 1.17. The molecule has 2 aromatic rings. The number of amides is 2. The van der Waals surface area contributed by atoms with Gasteiger partial charge >= 0.3 is 0 Å². The van der Waals surface area contributed by atoms with Crippen LogP contribution in [-0.2, 0) is 11.2 Å². The maximum atomic E-state index is 11.9. The molecular formula is C19H21BrN2O2. The molecule has 0 aliphatic heterocycles. The molecule has 2 rings (SSSR count). The van der Waals surface area contributed by atoms with Gasteiger partial charge in [0.05, 0.1) is 0 Å². The molecule has 0 saturated heterocycles. The van der Waals surface area contributed by atoms with Gasteiger partial charge in [-0.2, -0.15) is 0 Å². The summed E-state index contributed by atoms with van der Waals surface area (Å²) in [5.41, 5.74) is 2.96. The molecule has 0 bridgehead atoms. The summed E-state index contributed by atoms with van der Waals surface area (Å²) in [6, 6.07) is 15.4. The van der Waals surface area contributed by atoms with Crippen molar-refractivity contribution in [3.8, 4) is 0 Å². The van der Waals surface area contributed by atoms with E-state index in [0.717, 1.165) is 16.5 Å². The second-order valence-corrected chi connectivity index (χ2v) is 6.52. The number of benzene rings is 2. The number of nitrogens with one attached hydrogen (secondary N) is 2. The third kappa shape index (κ3) is 6.16. The Morgan fingerprint density at radius 3 is 2.42 bits per heavy atom. The lowest BCUT2D eigenvalue weighted by molar-refractivity contribution is -0.121. The number of rotatable bonds is 7. The van der Waals surface area contributed by atoms with E-state index in [1.807, 2.05) is 43.3 Å². The van der Waals surface area contributed by atoms with Crippen LogP contribution in [0.2, 0.25) is 0 Å². The lowest BCUT2D eigenvalue weighted by Crippen LogP contribution is -2.34. The van der Waals surface area contributed by atoms with Gasteiger partial charge in [0.1, 0.15) is 0 Å². The Morgan fingerprint density at radius 2 is 1.71 bits per heavy atom. The first-order chi connectivity index (χ1) is 11.5. The van der Waals surface area contributed by atoms with Gasteiger partial charge in [0, 0.05) is 29.5 Å². The van der Waals surface area contributed by atoms with Crippen molar-refractivity contribution in [2.45, 2.75) is 19.8 Å². The summed E-state index contributed by atoms with van der Waals surface area (Å²) < 4.78 is 0.861. The van der Waals surface area contributed by atoms with E-state index in [0.29, 0.717) is 25.1 Å². The minimum atomic E-state index is -0.148. The Balaban J connectivity index is 1.64. The van der Waals surface area contributed by atoms with Crippen molar-refractivity contribution in [2.75, 3.05) is 13.1 Å². The topological polar surface area (TPSA) is 58.2 Å². The summed E-state index contributed by atoms with van der Waals surface area (Å²) in [7, 11) is 0. The smallest absolute Gasteiger partial charge is 0.251 e. The predicted molar refractivity (Wildman–Crippen MR) is 99.0 cm³/mol. The van der Waals surface area contributed by atoms with E-state index in [1.165, 1.54) is 5.56 Å². The van der Waals surface area contributed by atoms with E-state index in [2.05, 4.69) is 26.6 Å². The van der Waals surface area contributed by atoms with Crippen LogP contribution in [0.25, 0.3) is 0 Å². The zero-order valence-electron chi connectivity index (χ0n) is 13.6. The molecule has 5 heteroatoms. The molecule has 0 aromatic heterocycles. The fourth-order valence-corrected chi connectivity index (χ4v) is 2.61. The fourth-order valence-electron chi connectivity index (χ4n) is 2.21. The van der Waals surface area contributed by atoms with E-state index in [9.17, 15) is 9.59 Å². The molecule has 24 heavy (non-hydrogen) atoms. The van der Waals surface area contributed by atoms with Crippen molar-refractivity contribution in [3.05, 3.63) is 69.7 Å².